The lowest BCUT2D eigenvalue weighted by Gasteiger charge is -2.19. The zero-order chi connectivity index (χ0) is 13.9. The predicted octanol–water partition coefficient (Wildman–Crippen LogP) is 3.45. The highest BCUT2D eigenvalue weighted by atomic mass is 16.5. The fraction of sp³-hybridized carbons (Fsp3) is 0.588. The van der Waals surface area contributed by atoms with Gasteiger partial charge in [0.05, 0.1) is 12.5 Å². The second-order valence-corrected chi connectivity index (χ2v) is 6.07. The molecule has 0 aromatic heterocycles. The van der Waals surface area contributed by atoms with Crippen molar-refractivity contribution in [2.45, 2.75) is 44.9 Å². The SMILES string of the molecule is O=C(O)C(CCc1ccc2c(c1)CCO2)C1CCCC1. The molecule has 1 aliphatic carbocycles. The van der Waals surface area contributed by atoms with E-state index in [-0.39, 0.29) is 5.92 Å². The van der Waals surface area contributed by atoms with E-state index in [4.69, 9.17) is 4.74 Å². The minimum Gasteiger partial charge on any atom is -0.493 e. The Morgan fingerprint density at radius 1 is 1.35 bits per heavy atom. The van der Waals surface area contributed by atoms with E-state index in [1.54, 1.807) is 0 Å². The summed E-state index contributed by atoms with van der Waals surface area (Å²) in [5.74, 6) is 0.619. The van der Waals surface area contributed by atoms with Gasteiger partial charge in [-0.25, -0.2) is 0 Å². The van der Waals surface area contributed by atoms with Gasteiger partial charge in [-0.2, -0.15) is 0 Å². The molecule has 3 rings (SSSR count). The Hall–Kier alpha value is -1.51. The zero-order valence-electron chi connectivity index (χ0n) is 11.8. The van der Waals surface area contributed by atoms with Crippen molar-refractivity contribution in [2.75, 3.05) is 6.61 Å². The zero-order valence-corrected chi connectivity index (χ0v) is 11.8. The highest BCUT2D eigenvalue weighted by Crippen LogP contribution is 2.34. The smallest absolute Gasteiger partial charge is 0.306 e. The lowest BCUT2D eigenvalue weighted by Crippen LogP contribution is -2.22. The van der Waals surface area contributed by atoms with Gasteiger partial charge in [0.1, 0.15) is 5.75 Å². The van der Waals surface area contributed by atoms with Crippen LogP contribution in [0.3, 0.4) is 0 Å². The van der Waals surface area contributed by atoms with Gasteiger partial charge in [-0.05, 0) is 48.8 Å². The van der Waals surface area contributed by atoms with Crippen LogP contribution in [0, 0.1) is 11.8 Å². The number of rotatable bonds is 5. The van der Waals surface area contributed by atoms with Crippen LogP contribution in [0.25, 0.3) is 0 Å². The molecule has 1 heterocycles. The van der Waals surface area contributed by atoms with Gasteiger partial charge in [-0.3, -0.25) is 4.79 Å². The Bertz CT molecular complexity index is 489. The maximum Gasteiger partial charge on any atom is 0.306 e. The fourth-order valence-corrected chi connectivity index (χ4v) is 3.64. The van der Waals surface area contributed by atoms with Crippen molar-refractivity contribution in [3.8, 4) is 5.75 Å². The molecule has 0 bridgehead atoms. The monoisotopic (exact) mass is 274 g/mol. The van der Waals surface area contributed by atoms with Crippen molar-refractivity contribution in [1.82, 2.24) is 0 Å². The number of aliphatic carboxylic acids is 1. The van der Waals surface area contributed by atoms with Crippen LogP contribution in [-0.2, 0) is 17.6 Å². The summed E-state index contributed by atoms with van der Waals surface area (Å²) in [7, 11) is 0. The number of ether oxygens (including phenoxy) is 1. The fourth-order valence-electron chi connectivity index (χ4n) is 3.64. The molecule has 2 aliphatic rings. The molecule has 3 heteroatoms. The molecule has 1 unspecified atom stereocenters. The molecule has 0 spiro atoms. The Morgan fingerprint density at radius 3 is 2.90 bits per heavy atom. The Labute approximate surface area is 120 Å². The molecular formula is C17H22O3. The first kappa shape index (κ1) is 13.5. The van der Waals surface area contributed by atoms with Crippen molar-refractivity contribution in [3.63, 3.8) is 0 Å². The van der Waals surface area contributed by atoms with E-state index < -0.39 is 5.97 Å². The summed E-state index contributed by atoms with van der Waals surface area (Å²) in [6, 6.07) is 6.30. The predicted molar refractivity (Wildman–Crippen MR) is 77.0 cm³/mol. The van der Waals surface area contributed by atoms with Gasteiger partial charge < -0.3 is 9.84 Å². The van der Waals surface area contributed by atoms with Crippen LogP contribution in [0.4, 0.5) is 0 Å². The van der Waals surface area contributed by atoms with Crippen molar-refractivity contribution in [1.29, 1.82) is 0 Å². The molecule has 0 radical (unpaired) electrons. The van der Waals surface area contributed by atoms with E-state index in [0.717, 1.165) is 44.5 Å². The van der Waals surface area contributed by atoms with Crippen LogP contribution in [0.2, 0.25) is 0 Å². The minimum atomic E-state index is -0.610. The van der Waals surface area contributed by atoms with Crippen molar-refractivity contribution in [2.24, 2.45) is 11.8 Å². The summed E-state index contributed by atoms with van der Waals surface area (Å²) in [5, 5.41) is 9.45. The number of carboxylic acid groups (broad SMARTS) is 1. The first-order valence-electron chi connectivity index (χ1n) is 7.71. The Kier molecular flexibility index (Phi) is 3.95. The summed E-state index contributed by atoms with van der Waals surface area (Å²) in [6.45, 7) is 0.776. The quantitative estimate of drug-likeness (QED) is 0.894. The average Bonchev–Trinajstić information content (AvgIpc) is 3.08. The highest BCUT2D eigenvalue weighted by molar-refractivity contribution is 5.70. The van der Waals surface area contributed by atoms with Crippen molar-refractivity contribution in [3.05, 3.63) is 29.3 Å². The van der Waals surface area contributed by atoms with Crippen LogP contribution in [0.1, 0.15) is 43.2 Å². The first-order chi connectivity index (χ1) is 9.74. The third-order valence-electron chi connectivity index (χ3n) is 4.78. The average molecular weight is 274 g/mol. The summed E-state index contributed by atoms with van der Waals surface area (Å²) in [4.78, 5) is 11.5. The van der Waals surface area contributed by atoms with E-state index in [0.29, 0.717) is 5.92 Å². The van der Waals surface area contributed by atoms with E-state index >= 15 is 0 Å². The molecule has 1 aromatic rings. The third kappa shape index (κ3) is 2.82. The molecule has 3 nitrogen and oxygen atoms in total. The number of carboxylic acids is 1. The maximum atomic E-state index is 11.5. The second-order valence-electron chi connectivity index (χ2n) is 6.07. The van der Waals surface area contributed by atoms with Crippen LogP contribution >= 0.6 is 0 Å². The molecule has 1 saturated carbocycles. The van der Waals surface area contributed by atoms with E-state index in [9.17, 15) is 9.90 Å². The largest absolute Gasteiger partial charge is 0.493 e. The van der Waals surface area contributed by atoms with Crippen LogP contribution in [0.15, 0.2) is 18.2 Å². The van der Waals surface area contributed by atoms with Crippen LogP contribution in [-0.4, -0.2) is 17.7 Å². The van der Waals surface area contributed by atoms with E-state index in [2.05, 4.69) is 12.1 Å². The number of benzene rings is 1. The lowest BCUT2D eigenvalue weighted by molar-refractivity contribution is -0.143. The number of hydrogen-bond acceptors (Lipinski definition) is 2. The molecule has 0 saturated heterocycles. The van der Waals surface area contributed by atoms with Gasteiger partial charge in [0.15, 0.2) is 0 Å². The molecule has 1 fully saturated rings. The summed E-state index contributed by atoms with van der Waals surface area (Å²) in [6.07, 6.45) is 7.19. The Morgan fingerprint density at radius 2 is 2.15 bits per heavy atom. The minimum absolute atomic E-state index is 0.165. The van der Waals surface area contributed by atoms with Gasteiger partial charge in [0.2, 0.25) is 0 Å². The van der Waals surface area contributed by atoms with Gasteiger partial charge in [-0.15, -0.1) is 0 Å². The third-order valence-corrected chi connectivity index (χ3v) is 4.78. The summed E-state index contributed by atoms with van der Waals surface area (Å²) >= 11 is 0. The van der Waals surface area contributed by atoms with Crippen molar-refractivity contribution < 1.29 is 14.6 Å². The maximum absolute atomic E-state index is 11.5. The van der Waals surface area contributed by atoms with Gasteiger partial charge in [0.25, 0.3) is 0 Å². The topological polar surface area (TPSA) is 46.5 Å². The normalized spacial score (nSPS) is 19.6. The second kappa shape index (κ2) is 5.86. The van der Waals surface area contributed by atoms with Crippen molar-refractivity contribution >= 4 is 5.97 Å². The molecule has 1 aliphatic heterocycles. The number of fused-ring (bicyclic) bond motifs is 1. The molecule has 1 aromatic carbocycles. The van der Waals surface area contributed by atoms with E-state index in [1.807, 2.05) is 6.07 Å². The molecular weight excluding hydrogens is 252 g/mol. The number of carbonyl (C=O) groups is 1. The molecule has 108 valence electrons. The number of hydrogen-bond donors (Lipinski definition) is 1. The van der Waals surface area contributed by atoms with Gasteiger partial charge in [-0.1, -0.05) is 25.0 Å². The first-order valence-corrected chi connectivity index (χ1v) is 7.71. The van der Waals surface area contributed by atoms with Crippen LogP contribution < -0.4 is 4.74 Å². The Balaban J connectivity index is 1.63. The molecule has 1 atom stereocenters. The molecule has 1 N–H and O–H groups in total. The number of aryl methyl sites for hydroxylation is 1. The molecule has 20 heavy (non-hydrogen) atoms. The van der Waals surface area contributed by atoms with Gasteiger partial charge >= 0.3 is 5.97 Å². The highest BCUT2D eigenvalue weighted by Gasteiger charge is 2.30. The lowest BCUT2D eigenvalue weighted by atomic mass is 9.86. The summed E-state index contributed by atoms with van der Waals surface area (Å²) in [5.41, 5.74) is 2.52. The van der Waals surface area contributed by atoms with Gasteiger partial charge in [0, 0.05) is 6.42 Å². The molecule has 0 amide bonds. The summed E-state index contributed by atoms with van der Waals surface area (Å²) < 4.78 is 5.50. The van der Waals surface area contributed by atoms with E-state index in [1.165, 1.54) is 24.0 Å². The van der Waals surface area contributed by atoms with Crippen LogP contribution in [0.5, 0.6) is 5.75 Å². The standard InChI is InChI=1S/C17H22O3/c18-17(19)15(13-3-1-2-4-13)7-5-12-6-8-16-14(11-12)9-10-20-16/h6,8,11,13,15H,1-5,7,9-10H2,(H,18,19).